The molecule has 0 bridgehead atoms. The van der Waals surface area contributed by atoms with E-state index >= 15 is 0 Å². The Labute approximate surface area is 190 Å². The Morgan fingerprint density at radius 1 is 1.27 bits per heavy atom. The fourth-order valence-electron chi connectivity index (χ4n) is 4.32. The molecule has 1 aromatic carbocycles. The van der Waals surface area contributed by atoms with Crippen LogP contribution < -0.4 is 15.8 Å². The first kappa shape index (κ1) is 22.3. The summed E-state index contributed by atoms with van der Waals surface area (Å²) >= 11 is 0. The molecule has 0 unspecified atom stereocenters. The number of amides is 3. The number of rotatable bonds is 4. The van der Waals surface area contributed by atoms with Gasteiger partial charge in [0, 0.05) is 11.9 Å². The minimum absolute atomic E-state index is 0.00703. The third-order valence-corrected chi connectivity index (χ3v) is 6.28. The van der Waals surface area contributed by atoms with Crippen molar-refractivity contribution in [3.63, 3.8) is 0 Å². The molecule has 0 spiro atoms. The lowest BCUT2D eigenvalue weighted by Crippen LogP contribution is -2.55. The fraction of sp³-hybridized carbons (Fsp3) is 0.348. The number of ether oxygens (including phenoxy) is 1. The summed E-state index contributed by atoms with van der Waals surface area (Å²) in [6, 6.07) is 7.23. The van der Waals surface area contributed by atoms with Gasteiger partial charge in [0.1, 0.15) is 5.56 Å². The van der Waals surface area contributed by atoms with Crippen LogP contribution in [-0.2, 0) is 15.1 Å². The van der Waals surface area contributed by atoms with Crippen molar-refractivity contribution in [3.05, 3.63) is 47.8 Å². The van der Waals surface area contributed by atoms with Gasteiger partial charge in [-0.05, 0) is 49.4 Å². The van der Waals surface area contributed by atoms with E-state index in [1.54, 1.807) is 11.1 Å². The minimum atomic E-state index is -0.817. The predicted octanol–water partition coefficient (Wildman–Crippen LogP) is 2.18. The zero-order valence-corrected chi connectivity index (χ0v) is 18.7. The normalized spacial score (nSPS) is 20.5. The molecule has 4 rings (SSSR count). The van der Waals surface area contributed by atoms with E-state index in [0.717, 1.165) is 22.9 Å². The number of nitrogens with two attached hydrogens (primary N) is 1. The fourth-order valence-corrected chi connectivity index (χ4v) is 4.32. The molecule has 1 aliphatic heterocycles. The molecule has 1 saturated heterocycles. The number of aromatic nitrogens is 3. The number of hydrogen-bond acceptors (Lipinski definition) is 6. The van der Waals surface area contributed by atoms with Crippen molar-refractivity contribution in [3.8, 4) is 5.88 Å². The van der Waals surface area contributed by atoms with Crippen molar-refractivity contribution in [2.75, 3.05) is 19.0 Å². The zero-order valence-electron chi connectivity index (χ0n) is 18.7. The maximum atomic E-state index is 13.4. The van der Waals surface area contributed by atoms with Gasteiger partial charge in [0.15, 0.2) is 0 Å². The molecule has 0 aliphatic carbocycles. The first-order valence-electron chi connectivity index (χ1n) is 10.6. The Bertz CT molecular complexity index is 1240. The van der Waals surface area contributed by atoms with E-state index in [0.29, 0.717) is 13.0 Å². The lowest BCUT2D eigenvalue weighted by Gasteiger charge is -2.47. The number of carbonyl (C=O) groups excluding carboxylic acids is 3. The SMILES string of the molecule is COc1ncc(NC(=O)C(=O)N2C[C@@H](C)CC[C@@]2(C)c2ccc3[nH]ncc3c2)cc1C(N)=O. The molecule has 10 heteroatoms. The van der Waals surface area contributed by atoms with Gasteiger partial charge < -0.3 is 20.7 Å². The van der Waals surface area contributed by atoms with Crippen molar-refractivity contribution in [2.24, 2.45) is 11.7 Å². The van der Waals surface area contributed by atoms with Crippen molar-refractivity contribution in [2.45, 2.75) is 32.2 Å². The van der Waals surface area contributed by atoms with Gasteiger partial charge in [-0.25, -0.2) is 4.98 Å². The summed E-state index contributed by atoms with van der Waals surface area (Å²) in [7, 11) is 1.36. The summed E-state index contributed by atoms with van der Waals surface area (Å²) < 4.78 is 5.02. The number of likely N-dealkylation sites (tertiary alicyclic amines) is 1. The summed E-state index contributed by atoms with van der Waals surface area (Å²) in [4.78, 5) is 43.6. The van der Waals surface area contributed by atoms with Gasteiger partial charge >= 0.3 is 11.8 Å². The Balaban J connectivity index is 1.62. The monoisotopic (exact) mass is 450 g/mol. The average molecular weight is 450 g/mol. The van der Waals surface area contributed by atoms with Gasteiger partial charge in [0.25, 0.3) is 5.91 Å². The molecular weight excluding hydrogens is 424 g/mol. The van der Waals surface area contributed by atoms with Crippen LogP contribution in [0.25, 0.3) is 10.9 Å². The third-order valence-electron chi connectivity index (χ3n) is 6.28. The second kappa shape index (κ2) is 8.53. The number of hydrogen-bond donors (Lipinski definition) is 3. The molecule has 0 radical (unpaired) electrons. The van der Waals surface area contributed by atoms with E-state index in [1.165, 1.54) is 19.4 Å². The predicted molar refractivity (Wildman–Crippen MR) is 121 cm³/mol. The first-order chi connectivity index (χ1) is 15.7. The van der Waals surface area contributed by atoms with E-state index in [4.69, 9.17) is 10.5 Å². The molecule has 4 N–H and O–H groups in total. The van der Waals surface area contributed by atoms with Crippen molar-refractivity contribution in [1.29, 1.82) is 0 Å². The zero-order chi connectivity index (χ0) is 23.8. The van der Waals surface area contributed by atoms with Gasteiger partial charge in [0.05, 0.1) is 36.2 Å². The first-order valence-corrected chi connectivity index (χ1v) is 10.6. The second-order valence-electron chi connectivity index (χ2n) is 8.60. The summed E-state index contributed by atoms with van der Waals surface area (Å²) in [5.41, 5.74) is 6.72. The highest BCUT2D eigenvalue weighted by atomic mass is 16.5. The van der Waals surface area contributed by atoms with E-state index in [2.05, 4.69) is 27.4 Å². The Kier molecular flexibility index (Phi) is 5.75. The number of methoxy groups -OCH3 is 1. The molecule has 172 valence electrons. The molecule has 1 fully saturated rings. The molecule has 3 aromatic rings. The molecular formula is C23H26N6O4. The third kappa shape index (κ3) is 4.11. The number of aromatic amines is 1. The van der Waals surface area contributed by atoms with Crippen LogP contribution in [0.5, 0.6) is 5.88 Å². The molecule has 33 heavy (non-hydrogen) atoms. The summed E-state index contributed by atoms with van der Waals surface area (Å²) in [6.07, 6.45) is 4.68. The minimum Gasteiger partial charge on any atom is -0.480 e. The number of pyridine rings is 1. The van der Waals surface area contributed by atoms with Crippen LogP contribution in [0.15, 0.2) is 36.7 Å². The largest absolute Gasteiger partial charge is 0.480 e. The number of nitrogens with one attached hydrogen (secondary N) is 2. The van der Waals surface area contributed by atoms with E-state index in [1.807, 2.05) is 25.1 Å². The number of nitrogens with zero attached hydrogens (tertiary/aromatic N) is 3. The number of piperidine rings is 1. The quantitative estimate of drug-likeness (QED) is 0.520. The van der Waals surface area contributed by atoms with Gasteiger partial charge in [-0.2, -0.15) is 5.10 Å². The van der Waals surface area contributed by atoms with Crippen LogP contribution in [0, 0.1) is 5.92 Å². The highest BCUT2D eigenvalue weighted by Gasteiger charge is 2.43. The van der Waals surface area contributed by atoms with Crippen LogP contribution in [0.4, 0.5) is 5.69 Å². The van der Waals surface area contributed by atoms with Crippen molar-refractivity contribution >= 4 is 34.3 Å². The summed E-state index contributed by atoms with van der Waals surface area (Å²) in [5.74, 6) is -1.95. The number of benzene rings is 1. The Morgan fingerprint density at radius 3 is 2.79 bits per heavy atom. The van der Waals surface area contributed by atoms with Crippen LogP contribution in [0.3, 0.4) is 0 Å². The number of primary amides is 1. The lowest BCUT2D eigenvalue weighted by atomic mass is 9.78. The smallest absolute Gasteiger partial charge is 0.313 e. The molecule has 3 heterocycles. The van der Waals surface area contributed by atoms with Crippen molar-refractivity contribution < 1.29 is 19.1 Å². The van der Waals surface area contributed by atoms with Crippen molar-refractivity contribution in [1.82, 2.24) is 20.1 Å². The van der Waals surface area contributed by atoms with Crippen LogP contribution in [-0.4, -0.2) is 51.5 Å². The standard InChI is InChI=1S/C23H26N6O4/c1-13-6-7-23(2,15-4-5-18-14(8-15)10-26-28-18)29(12-13)22(32)20(31)27-16-9-17(19(24)30)21(33-3)25-11-16/h4-5,8-11,13H,6-7,12H2,1-3H3,(H2,24,30)(H,26,28)(H,27,31)/t13-,23-/m0/s1. The molecule has 0 saturated carbocycles. The van der Waals surface area contributed by atoms with Gasteiger partial charge in [0.2, 0.25) is 5.88 Å². The topological polar surface area (TPSA) is 143 Å². The van der Waals surface area contributed by atoms with E-state index < -0.39 is 23.3 Å². The average Bonchev–Trinajstić information content (AvgIpc) is 3.28. The van der Waals surface area contributed by atoms with E-state index in [-0.39, 0.29) is 23.0 Å². The maximum Gasteiger partial charge on any atom is 0.313 e. The molecule has 1 aliphatic rings. The molecule has 3 amide bonds. The highest BCUT2D eigenvalue weighted by Crippen LogP contribution is 2.40. The highest BCUT2D eigenvalue weighted by molar-refractivity contribution is 6.39. The number of H-pyrrole nitrogens is 1. The van der Waals surface area contributed by atoms with Gasteiger partial charge in [-0.1, -0.05) is 13.0 Å². The summed E-state index contributed by atoms with van der Waals surface area (Å²) in [6.45, 7) is 4.48. The number of carbonyl (C=O) groups is 3. The Morgan fingerprint density at radius 2 is 2.06 bits per heavy atom. The van der Waals surface area contributed by atoms with Crippen LogP contribution in [0.1, 0.15) is 42.6 Å². The van der Waals surface area contributed by atoms with Crippen LogP contribution in [0.2, 0.25) is 0 Å². The number of anilines is 1. The van der Waals surface area contributed by atoms with Gasteiger partial charge in [-0.3, -0.25) is 19.5 Å². The Hall–Kier alpha value is -3.95. The molecule has 2 atom stereocenters. The number of fused-ring (bicyclic) bond motifs is 1. The maximum absolute atomic E-state index is 13.4. The second-order valence-corrected chi connectivity index (χ2v) is 8.60. The molecule has 10 nitrogen and oxygen atoms in total. The van der Waals surface area contributed by atoms with E-state index in [9.17, 15) is 14.4 Å². The summed E-state index contributed by atoms with van der Waals surface area (Å²) in [5, 5.41) is 10.5. The van der Waals surface area contributed by atoms with Gasteiger partial charge in [-0.15, -0.1) is 0 Å². The molecule has 2 aromatic heterocycles. The lowest BCUT2D eigenvalue weighted by molar-refractivity contribution is -0.150. The van der Waals surface area contributed by atoms with Crippen LogP contribution >= 0.6 is 0 Å².